The third-order valence-corrected chi connectivity index (χ3v) is 9.61. The molecule has 0 fully saturated rings. The summed E-state index contributed by atoms with van der Waals surface area (Å²) in [5, 5.41) is 11.1. The number of anilines is 3. The van der Waals surface area contributed by atoms with Crippen LogP contribution in [0.3, 0.4) is 0 Å². The molecule has 0 aliphatic rings. The molecule has 0 aliphatic heterocycles. The lowest BCUT2D eigenvalue weighted by molar-refractivity contribution is 0.880. The van der Waals surface area contributed by atoms with Crippen molar-refractivity contribution in [3.05, 3.63) is 123 Å². The molecule has 0 atom stereocenters. The SMILES string of the molecule is CCc1c(CNc2ccc3ncc(C)cc3n2)c(CC)c(CNc2ccc3ncc(C)cc3n2)c(CC)c1CNc1ccc2ncc(C)cc2n1. The van der Waals surface area contributed by atoms with E-state index in [9.17, 15) is 0 Å². The van der Waals surface area contributed by atoms with Gasteiger partial charge in [0.15, 0.2) is 0 Å². The van der Waals surface area contributed by atoms with E-state index in [0.717, 1.165) is 86.5 Å². The lowest BCUT2D eigenvalue weighted by Gasteiger charge is -2.27. The fraction of sp³-hybridized carbons (Fsp3) is 0.286. The largest absolute Gasteiger partial charge is 0.366 e. The Morgan fingerprint density at radius 1 is 0.392 bits per heavy atom. The summed E-state index contributed by atoms with van der Waals surface area (Å²) in [7, 11) is 0. The molecule has 6 heterocycles. The first-order valence-corrected chi connectivity index (χ1v) is 17.9. The summed E-state index contributed by atoms with van der Waals surface area (Å²) >= 11 is 0. The summed E-state index contributed by atoms with van der Waals surface area (Å²) < 4.78 is 0. The third-order valence-electron chi connectivity index (χ3n) is 9.61. The van der Waals surface area contributed by atoms with E-state index < -0.39 is 0 Å². The van der Waals surface area contributed by atoms with Crippen molar-refractivity contribution >= 4 is 50.6 Å². The second-order valence-corrected chi connectivity index (χ2v) is 13.2. The van der Waals surface area contributed by atoms with Crippen LogP contribution in [0, 0.1) is 20.8 Å². The zero-order chi connectivity index (χ0) is 35.5. The molecule has 7 rings (SSSR count). The Morgan fingerprint density at radius 2 is 0.686 bits per heavy atom. The summed E-state index contributed by atoms with van der Waals surface area (Å²) in [5.74, 6) is 2.52. The van der Waals surface area contributed by atoms with Gasteiger partial charge < -0.3 is 16.0 Å². The van der Waals surface area contributed by atoms with Gasteiger partial charge in [0.1, 0.15) is 17.5 Å². The molecule has 0 bridgehead atoms. The molecule has 0 saturated heterocycles. The van der Waals surface area contributed by atoms with E-state index in [1.165, 1.54) is 33.4 Å². The van der Waals surface area contributed by atoms with Gasteiger partial charge in [-0.3, -0.25) is 15.0 Å². The quantitative estimate of drug-likeness (QED) is 0.117. The highest BCUT2D eigenvalue weighted by atomic mass is 15.0. The fourth-order valence-corrected chi connectivity index (χ4v) is 7.17. The average Bonchev–Trinajstić information content (AvgIpc) is 3.14. The maximum atomic E-state index is 4.93. The molecule has 9 nitrogen and oxygen atoms in total. The van der Waals surface area contributed by atoms with E-state index in [2.05, 4.69) is 69.9 Å². The van der Waals surface area contributed by atoms with Crippen LogP contribution in [0.4, 0.5) is 17.5 Å². The van der Waals surface area contributed by atoms with E-state index in [-0.39, 0.29) is 0 Å². The Labute approximate surface area is 299 Å². The van der Waals surface area contributed by atoms with E-state index in [4.69, 9.17) is 15.0 Å². The van der Waals surface area contributed by atoms with Crippen LogP contribution in [0.5, 0.6) is 0 Å². The van der Waals surface area contributed by atoms with Gasteiger partial charge in [0.2, 0.25) is 0 Å². The first-order valence-electron chi connectivity index (χ1n) is 17.9. The number of aromatic nitrogens is 6. The lowest BCUT2D eigenvalue weighted by Crippen LogP contribution is -2.19. The van der Waals surface area contributed by atoms with Gasteiger partial charge in [-0.15, -0.1) is 0 Å². The predicted molar refractivity (Wildman–Crippen MR) is 209 cm³/mol. The van der Waals surface area contributed by atoms with E-state index in [0.29, 0.717) is 19.6 Å². The first kappa shape index (κ1) is 33.8. The predicted octanol–water partition coefficient (Wildman–Crippen LogP) is 8.96. The topological polar surface area (TPSA) is 113 Å². The number of pyridine rings is 6. The zero-order valence-electron chi connectivity index (χ0n) is 30.4. The number of hydrogen-bond acceptors (Lipinski definition) is 9. The first-order chi connectivity index (χ1) is 24.8. The van der Waals surface area contributed by atoms with Crippen molar-refractivity contribution in [2.45, 2.75) is 80.4 Å². The number of aryl methyl sites for hydroxylation is 3. The van der Waals surface area contributed by atoms with Crippen molar-refractivity contribution in [1.29, 1.82) is 0 Å². The molecule has 258 valence electrons. The molecule has 0 unspecified atom stereocenters. The second kappa shape index (κ2) is 14.6. The fourth-order valence-electron chi connectivity index (χ4n) is 7.17. The highest BCUT2D eigenvalue weighted by molar-refractivity contribution is 5.78. The molecule has 7 aromatic rings. The molecule has 6 aromatic heterocycles. The summed E-state index contributed by atoms with van der Waals surface area (Å²) in [4.78, 5) is 28.4. The minimum atomic E-state index is 0.659. The van der Waals surface area contributed by atoms with Crippen LogP contribution < -0.4 is 16.0 Å². The third kappa shape index (κ3) is 7.15. The van der Waals surface area contributed by atoms with Gasteiger partial charge in [0.05, 0.1) is 33.1 Å². The van der Waals surface area contributed by atoms with Crippen molar-refractivity contribution < 1.29 is 0 Å². The number of hydrogen-bond donors (Lipinski definition) is 3. The van der Waals surface area contributed by atoms with Gasteiger partial charge in [0, 0.05) is 38.2 Å². The molecule has 0 radical (unpaired) electrons. The molecule has 0 spiro atoms. The second-order valence-electron chi connectivity index (χ2n) is 13.2. The molecule has 1 aromatic carbocycles. The maximum Gasteiger partial charge on any atom is 0.127 e. The van der Waals surface area contributed by atoms with E-state index in [1.54, 1.807) is 0 Å². The normalized spacial score (nSPS) is 11.4. The van der Waals surface area contributed by atoms with Crippen LogP contribution >= 0.6 is 0 Å². The van der Waals surface area contributed by atoms with Crippen LogP contribution in [-0.4, -0.2) is 29.9 Å². The summed E-state index contributed by atoms with van der Waals surface area (Å²) in [5.41, 5.74) is 16.7. The van der Waals surface area contributed by atoms with E-state index >= 15 is 0 Å². The molecular weight excluding hydrogens is 631 g/mol. The standard InChI is InChI=1S/C42H45N9/c1-7-28-31(22-46-40-13-10-34-37(49-40)16-25(4)19-43-34)29(8-2)33(24-48-42-15-12-36-39(51-42)18-27(6)21-45-36)30(9-3)32(28)23-47-41-14-11-35-38(50-41)17-26(5)20-44-35/h10-21H,7-9,22-24H2,1-6H3,(H,46,49)(H,47,50)(H,48,51). The van der Waals surface area contributed by atoms with Gasteiger partial charge in [-0.05, 0) is 145 Å². The zero-order valence-corrected chi connectivity index (χ0v) is 30.4. The molecule has 51 heavy (non-hydrogen) atoms. The average molecular weight is 676 g/mol. The summed E-state index contributed by atoms with van der Waals surface area (Å²) in [6.07, 6.45) is 8.37. The van der Waals surface area contributed by atoms with Crippen molar-refractivity contribution in [1.82, 2.24) is 29.9 Å². The van der Waals surface area contributed by atoms with Crippen LogP contribution in [0.25, 0.3) is 33.1 Å². The van der Waals surface area contributed by atoms with Crippen molar-refractivity contribution in [3.63, 3.8) is 0 Å². The number of nitrogens with zero attached hydrogens (tertiary/aromatic N) is 6. The molecule has 0 saturated carbocycles. The Kier molecular flexibility index (Phi) is 9.70. The van der Waals surface area contributed by atoms with Crippen molar-refractivity contribution in [3.8, 4) is 0 Å². The number of rotatable bonds is 12. The van der Waals surface area contributed by atoms with Crippen LogP contribution in [-0.2, 0) is 38.9 Å². The maximum absolute atomic E-state index is 4.93. The molecule has 9 heteroatoms. The smallest absolute Gasteiger partial charge is 0.127 e. The monoisotopic (exact) mass is 675 g/mol. The molecule has 0 amide bonds. The Hall–Kier alpha value is -5.70. The van der Waals surface area contributed by atoms with Gasteiger partial charge in [-0.1, -0.05) is 20.8 Å². The number of benzene rings is 1. The summed E-state index contributed by atoms with van der Waals surface area (Å²) in [6.45, 7) is 14.9. The van der Waals surface area contributed by atoms with Gasteiger partial charge in [-0.2, -0.15) is 0 Å². The Morgan fingerprint density at radius 3 is 0.961 bits per heavy atom. The van der Waals surface area contributed by atoms with Gasteiger partial charge in [-0.25, -0.2) is 15.0 Å². The minimum absolute atomic E-state index is 0.659. The lowest BCUT2D eigenvalue weighted by atomic mass is 9.83. The number of nitrogens with one attached hydrogen (secondary N) is 3. The number of fused-ring (bicyclic) bond motifs is 3. The van der Waals surface area contributed by atoms with Crippen LogP contribution in [0.15, 0.2) is 73.2 Å². The molecular formula is C42H45N9. The highest BCUT2D eigenvalue weighted by Gasteiger charge is 2.22. The van der Waals surface area contributed by atoms with Crippen molar-refractivity contribution in [2.75, 3.05) is 16.0 Å². The Balaban J connectivity index is 1.28. The molecule has 0 aliphatic carbocycles. The van der Waals surface area contributed by atoms with Crippen LogP contribution in [0.1, 0.15) is 70.8 Å². The van der Waals surface area contributed by atoms with Gasteiger partial charge in [0.25, 0.3) is 0 Å². The van der Waals surface area contributed by atoms with Crippen molar-refractivity contribution in [2.24, 2.45) is 0 Å². The summed E-state index contributed by atoms with van der Waals surface area (Å²) in [6, 6.07) is 18.5. The Bertz CT molecular complexity index is 2100. The molecule has 3 N–H and O–H groups in total. The van der Waals surface area contributed by atoms with E-state index in [1.807, 2.05) is 75.8 Å². The minimum Gasteiger partial charge on any atom is -0.366 e. The highest BCUT2D eigenvalue weighted by Crippen LogP contribution is 2.33. The van der Waals surface area contributed by atoms with Gasteiger partial charge >= 0.3 is 0 Å². The van der Waals surface area contributed by atoms with Crippen LogP contribution in [0.2, 0.25) is 0 Å².